The highest BCUT2D eigenvalue weighted by atomic mass is 16.5. The average molecular weight is 212 g/mol. The second-order valence-electron chi connectivity index (χ2n) is 4.51. The fraction of sp³-hybridized carbons (Fsp3) is 0.909. The first-order valence-corrected chi connectivity index (χ1v) is 5.84. The molecule has 0 aromatic rings. The SMILES string of the molecule is COC(=O)[C@@H]1CNC[C@H](N2CCCC2)C1. The first kappa shape index (κ1) is 10.9. The lowest BCUT2D eigenvalue weighted by Crippen LogP contribution is -2.50. The van der Waals surface area contributed by atoms with Crippen molar-refractivity contribution >= 4 is 5.97 Å². The molecule has 0 radical (unpaired) electrons. The lowest BCUT2D eigenvalue weighted by atomic mass is 9.95. The van der Waals surface area contributed by atoms with Gasteiger partial charge in [-0.15, -0.1) is 0 Å². The van der Waals surface area contributed by atoms with Gasteiger partial charge >= 0.3 is 5.97 Å². The van der Waals surface area contributed by atoms with E-state index in [0.29, 0.717) is 6.04 Å². The van der Waals surface area contributed by atoms with Crippen LogP contribution >= 0.6 is 0 Å². The quantitative estimate of drug-likeness (QED) is 0.665. The Morgan fingerprint density at radius 2 is 2.07 bits per heavy atom. The summed E-state index contributed by atoms with van der Waals surface area (Å²) in [6.07, 6.45) is 3.57. The third-order valence-electron chi connectivity index (χ3n) is 3.52. The smallest absolute Gasteiger partial charge is 0.310 e. The van der Waals surface area contributed by atoms with Crippen molar-refractivity contribution in [2.24, 2.45) is 5.92 Å². The summed E-state index contributed by atoms with van der Waals surface area (Å²) in [4.78, 5) is 13.9. The number of carbonyl (C=O) groups excluding carboxylic acids is 1. The van der Waals surface area contributed by atoms with Gasteiger partial charge in [-0.1, -0.05) is 0 Å². The number of esters is 1. The molecule has 2 atom stereocenters. The number of hydrogen-bond donors (Lipinski definition) is 1. The summed E-state index contributed by atoms with van der Waals surface area (Å²) in [5.41, 5.74) is 0. The average Bonchev–Trinajstić information content (AvgIpc) is 2.82. The summed E-state index contributed by atoms with van der Waals surface area (Å²) in [5, 5.41) is 3.33. The molecule has 0 saturated carbocycles. The number of methoxy groups -OCH3 is 1. The summed E-state index contributed by atoms with van der Waals surface area (Å²) < 4.78 is 4.80. The topological polar surface area (TPSA) is 41.6 Å². The van der Waals surface area contributed by atoms with Gasteiger partial charge in [0.25, 0.3) is 0 Å². The number of carbonyl (C=O) groups is 1. The van der Waals surface area contributed by atoms with Crippen LogP contribution in [0.4, 0.5) is 0 Å². The Hall–Kier alpha value is -0.610. The molecule has 2 saturated heterocycles. The normalized spacial score (nSPS) is 32.9. The predicted octanol–water partition coefficient (Wildman–Crippen LogP) is 0.233. The minimum atomic E-state index is -0.0635. The Kier molecular flexibility index (Phi) is 3.59. The van der Waals surface area contributed by atoms with Crippen LogP contribution in [0.25, 0.3) is 0 Å². The lowest BCUT2D eigenvalue weighted by Gasteiger charge is -2.34. The van der Waals surface area contributed by atoms with Crippen LogP contribution in [-0.4, -0.2) is 50.2 Å². The number of nitrogens with one attached hydrogen (secondary N) is 1. The zero-order valence-corrected chi connectivity index (χ0v) is 9.37. The standard InChI is InChI=1S/C11H20N2O2/c1-15-11(14)9-6-10(8-12-7-9)13-4-2-3-5-13/h9-10,12H,2-8H2,1H3/t9-,10+/m0/s1. The van der Waals surface area contributed by atoms with Crippen LogP contribution in [-0.2, 0) is 9.53 Å². The summed E-state index contributed by atoms with van der Waals surface area (Å²) in [6.45, 7) is 4.19. The monoisotopic (exact) mass is 212 g/mol. The van der Waals surface area contributed by atoms with Crippen LogP contribution < -0.4 is 5.32 Å². The molecule has 15 heavy (non-hydrogen) atoms. The van der Waals surface area contributed by atoms with Gasteiger partial charge in [0.1, 0.15) is 0 Å². The Morgan fingerprint density at radius 3 is 2.73 bits per heavy atom. The molecule has 1 N–H and O–H groups in total. The Labute approximate surface area is 91.0 Å². The summed E-state index contributed by atoms with van der Waals surface area (Å²) in [5.74, 6) is -0.0132. The molecule has 0 unspecified atom stereocenters. The molecule has 86 valence electrons. The zero-order valence-electron chi connectivity index (χ0n) is 9.37. The number of piperidine rings is 1. The van der Waals surface area contributed by atoms with Gasteiger partial charge in [-0.05, 0) is 32.4 Å². The highest BCUT2D eigenvalue weighted by Crippen LogP contribution is 2.20. The molecule has 0 aliphatic carbocycles. The molecule has 0 aromatic carbocycles. The van der Waals surface area contributed by atoms with E-state index in [1.807, 2.05) is 0 Å². The van der Waals surface area contributed by atoms with E-state index in [9.17, 15) is 4.79 Å². The van der Waals surface area contributed by atoms with Gasteiger partial charge in [0.05, 0.1) is 13.0 Å². The maximum atomic E-state index is 11.4. The van der Waals surface area contributed by atoms with E-state index >= 15 is 0 Å². The van der Waals surface area contributed by atoms with Crippen molar-refractivity contribution in [3.8, 4) is 0 Å². The third kappa shape index (κ3) is 2.49. The van der Waals surface area contributed by atoms with E-state index in [1.165, 1.54) is 33.0 Å². The zero-order chi connectivity index (χ0) is 10.7. The number of rotatable bonds is 2. The number of likely N-dealkylation sites (tertiary alicyclic amines) is 1. The van der Waals surface area contributed by atoms with Crippen LogP contribution in [0.2, 0.25) is 0 Å². The molecule has 2 aliphatic rings. The maximum Gasteiger partial charge on any atom is 0.310 e. The molecule has 0 amide bonds. The van der Waals surface area contributed by atoms with Crippen LogP contribution in [0.3, 0.4) is 0 Å². The van der Waals surface area contributed by atoms with E-state index < -0.39 is 0 Å². The van der Waals surface area contributed by atoms with Crippen LogP contribution in [0.15, 0.2) is 0 Å². The summed E-state index contributed by atoms with van der Waals surface area (Å²) in [7, 11) is 1.47. The highest BCUT2D eigenvalue weighted by molar-refractivity contribution is 5.72. The van der Waals surface area contributed by atoms with Crippen molar-refractivity contribution in [2.45, 2.75) is 25.3 Å². The molecule has 2 rings (SSSR count). The van der Waals surface area contributed by atoms with Crippen molar-refractivity contribution in [1.29, 1.82) is 0 Å². The van der Waals surface area contributed by atoms with Crippen LogP contribution in [0, 0.1) is 5.92 Å². The van der Waals surface area contributed by atoms with E-state index in [2.05, 4.69) is 10.2 Å². The maximum absolute atomic E-state index is 11.4. The summed E-state index contributed by atoms with van der Waals surface area (Å²) in [6, 6.07) is 0.533. The van der Waals surface area contributed by atoms with Gasteiger partial charge in [-0.3, -0.25) is 9.69 Å². The molecule has 2 aliphatic heterocycles. The highest BCUT2D eigenvalue weighted by Gasteiger charge is 2.31. The lowest BCUT2D eigenvalue weighted by molar-refractivity contribution is -0.146. The number of hydrogen-bond acceptors (Lipinski definition) is 4. The molecular formula is C11H20N2O2. The molecule has 0 spiro atoms. The first-order valence-electron chi connectivity index (χ1n) is 5.84. The Bertz CT molecular complexity index is 227. The molecule has 0 bridgehead atoms. The van der Waals surface area contributed by atoms with Crippen molar-refractivity contribution < 1.29 is 9.53 Å². The van der Waals surface area contributed by atoms with Gasteiger partial charge in [-0.25, -0.2) is 0 Å². The molecule has 2 heterocycles. The van der Waals surface area contributed by atoms with Crippen molar-refractivity contribution in [3.05, 3.63) is 0 Å². The second-order valence-corrected chi connectivity index (χ2v) is 4.51. The minimum Gasteiger partial charge on any atom is -0.469 e. The van der Waals surface area contributed by atoms with Crippen LogP contribution in [0.5, 0.6) is 0 Å². The first-order chi connectivity index (χ1) is 7.31. The van der Waals surface area contributed by atoms with E-state index in [1.54, 1.807) is 0 Å². The third-order valence-corrected chi connectivity index (χ3v) is 3.52. The number of ether oxygens (including phenoxy) is 1. The van der Waals surface area contributed by atoms with Gasteiger partial charge in [0.15, 0.2) is 0 Å². The van der Waals surface area contributed by atoms with Gasteiger partial charge < -0.3 is 10.1 Å². The second kappa shape index (κ2) is 4.94. The molecule has 2 fully saturated rings. The van der Waals surface area contributed by atoms with E-state index in [0.717, 1.165) is 19.5 Å². The molecule has 4 nitrogen and oxygen atoms in total. The van der Waals surface area contributed by atoms with Crippen LogP contribution in [0.1, 0.15) is 19.3 Å². The molecule has 0 aromatic heterocycles. The van der Waals surface area contributed by atoms with Gasteiger partial charge in [-0.2, -0.15) is 0 Å². The molecular weight excluding hydrogens is 192 g/mol. The molecule has 4 heteroatoms. The van der Waals surface area contributed by atoms with Crippen molar-refractivity contribution in [3.63, 3.8) is 0 Å². The van der Waals surface area contributed by atoms with E-state index in [4.69, 9.17) is 4.74 Å². The van der Waals surface area contributed by atoms with Gasteiger partial charge in [0.2, 0.25) is 0 Å². The summed E-state index contributed by atoms with van der Waals surface area (Å²) >= 11 is 0. The van der Waals surface area contributed by atoms with E-state index in [-0.39, 0.29) is 11.9 Å². The minimum absolute atomic E-state index is 0.0503. The fourth-order valence-corrected chi connectivity index (χ4v) is 2.65. The fourth-order valence-electron chi connectivity index (χ4n) is 2.65. The Balaban J connectivity index is 1.88. The Morgan fingerprint density at radius 1 is 1.33 bits per heavy atom. The number of nitrogens with zero attached hydrogens (tertiary/aromatic N) is 1. The van der Waals surface area contributed by atoms with Gasteiger partial charge in [0, 0.05) is 19.1 Å². The predicted molar refractivity (Wildman–Crippen MR) is 57.6 cm³/mol. The van der Waals surface area contributed by atoms with Crippen molar-refractivity contribution in [1.82, 2.24) is 10.2 Å². The largest absolute Gasteiger partial charge is 0.469 e. The van der Waals surface area contributed by atoms with Crippen molar-refractivity contribution in [2.75, 3.05) is 33.3 Å².